The Bertz CT molecular complexity index is 529. The Balaban J connectivity index is 2.12. The fourth-order valence-corrected chi connectivity index (χ4v) is 2.03. The maximum absolute atomic E-state index is 5.84. The molecule has 0 amide bonds. The zero-order valence-electron chi connectivity index (χ0n) is 11.3. The molecule has 106 valence electrons. The van der Waals surface area contributed by atoms with E-state index in [1.165, 1.54) is 0 Å². The summed E-state index contributed by atoms with van der Waals surface area (Å²) in [6.45, 7) is 3.04. The van der Waals surface area contributed by atoms with E-state index in [-0.39, 0.29) is 0 Å². The number of ether oxygens (including phenoxy) is 3. The molecule has 0 unspecified atom stereocenters. The first-order valence-corrected chi connectivity index (χ1v) is 7.58. The van der Waals surface area contributed by atoms with Crippen molar-refractivity contribution < 1.29 is 14.2 Å². The normalized spacial score (nSPS) is 10.1. The highest BCUT2D eigenvalue weighted by atomic mass is 79.9. The second-order valence-electron chi connectivity index (χ2n) is 4.07. The van der Waals surface area contributed by atoms with Crippen LogP contribution in [-0.4, -0.2) is 12.1 Å². The van der Waals surface area contributed by atoms with Gasteiger partial charge in [-0.3, -0.25) is 0 Å². The molecular weight excluding hydrogens is 320 g/mol. The van der Waals surface area contributed by atoms with Gasteiger partial charge in [-0.2, -0.15) is 0 Å². The van der Waals surface area contributed by atoms with Crippen molar-refractivity contribution >= 4 is 15.9 Å². The van der Waals surface area contributed by atoms with Crippen molar-refractivity contribution in [3.05, 3.63) is 54.1 Å². The Morgan fingerprint density at radius 1 is 0.900 bits per heavy atom. The number of hydrogen-bond acceptors (Lipinski definition) is 3. The topological polar surface area (TPSA) is 27.7 Å². The summed E-state index contributed by atoms with van der Waals surface area (Å²) in [5.74, 6) is 2.16. The molecule has 0 saturated heterocycles. The fourth-order valence-electron chi connectivity index (χ4n) is 1.76. The second kappa shape index (κ2) is 7.80. The zero-order valence-corrected chi connectivity index (χ0v) is 12.9. The molecule has 0 spiro atoms. The van der Waals surface area contributed by atoms with E-state index >= 15 is 0 Å². The Hall–Kier alpha value is -1.68. The molecule has 0 aromatic heterocycles. The molecule has 2 aromatic rings. The summed E-state index contributed by atoms with van der Waals surface area (Å²) in [5.41, 5.74) is 1.56. The summed E-state index contributed by atoms with van der Waals surface area (Å²) in [7, 11) is 0. The monoisotopic (exact) mass is 336 g/mol. The van der Waals surface area contributed by atoms with Crippen LogP contribution in [-0.2, 0) is 6.61 Å². The molecule has 0 aliphatic carbocycles. The summed E-state index contributed by atoms with van der Waals surface area (Å²) in [6.07, 6.45) is 0. The van der Waals surface area contributed by atoms with Crippen molar-refractivity contribution in [2.75, 3.05) is 12.1 Å². The molecule has 4 heteroatoms. The molecule has 2 aromatic carbocycles. The maximum atomic E-state index is 5.84. The Morgan fingerprint density at radius 3 is 2.40 bits per heavy atom. The van der Waals surface area contributed by atoms with Crippen LogP contribution < -0.4 is 14.2 Å². The van der Waals surface area contributed by atoms with Gasteiger partial charge in [0.05, 0.1) is 6.61 Å². The number of halogens is 1. The first kappa shape index (κ1) is 14.7. The molecule has 0 radical (unpaired) electrons. The third kappa shape index (κ3) is 4.17. The second-order valence-corrected chi connectivity index (χ2v) is 4.53. The van der Waals surface area contributed by atoms with Crippen molar-refractivity contribution in [1.29, 1.82) is 0 Å². The molecule has 0 bridgehead atoms. The molecule has 0 aliphatic heterocycles. The van der Waals surface area contributed by atoms with Crippen molar-refractivity contribution in [1.82, 2.24) is 0 Å². The van der Waals surface area contributed by atoms with E-state index in [0.29, 0.717) is 24.5 Å². The van der Waals surface area contributed by atoms with E-state index in [1.54, 1.807) is 0 Å². The molecule has 0 fully saturated rings. The van der Waals surface area contributed by atoms with E-state index in [1.807, 2.05) is 55.5 Å². The predicted molar refractivity (Wildman–Crippen MR) is 82.8 cm³/mol. The van der Waals surface area contributed by atoms with Gasteiger partial charge in [0.15, 0.2) is 11.5 Å². The van der Waals surface area contributed by atoms with Crippen LogP contribution in [0.15, 0.2) is 48.5 Å². The van der Waals surface area contributed by atoms with Gasteiger partial charge < -0.3 is 14.2 Å². The molecule has 0 N–H and O–H groups in total. The van der Waals surface area contributed by atoms with Crippen LogP contribution in [0.1, 0.15) is 12.5 Å². The van der Waals surface area contributed by atoms with Crippen LogP contribution >= 0.6 is 15.9 Å². The molecule has 20 heavy (non-hydrogen) atoms. The van der Waals surface area contributed by atoms with Gasteiger partial charge in [0.2, 0.25) is 0 Å². The molecule has 0 heterocycles. The smallest absolute Gasteiger partial charge is 0.165 e. The standard InChI is InChI=1S/C16H17BrO3/c1-2-18-15-9-8-14(20-12-17)10-16(15)19-11-13-6-4-3-5-7-13/h3-10H,2,11-12H2,1H3. The summed E-state index contributed by atoms with van der Waals surface area (Å²) >= 11 is 3.24. The largest absolute Gasteiger partial charge is 0.490 e. The lowest BCUT2D eigenvalue weighted by atomic mass is 10.2. The summed E-state index contributed by atoms with van der Waals surface area (Å²) in [6, 6.07) is 15.6. The van der Waals surface area contributed by atoms with E-state index in [2.05, 4.69) is 15.9 Å². The summed E-state index contributed by atoms with van der Waals surface area (Å²) in [5, 5.41) is 0. The third-order valence-electron chi connectivity index (χ3n) is 2.67. The lowest BCUT2D eigenvalue weighted by Gasteiger charge is -2.13. The summed E-state index contributed by atoms with van der Waals surface area (Å²) in [4.78, 5) is 0. The van der Waals surface area contributed by atoms with Crippen LogP contribution in [0, 0.1) is 0 Å². The van der Waals surface area contributed by atoms with Crippen LogP contribution in [0.3, 0.4) is 0 Å². The van der Waals surface area contributed by atoms with Gasteiger partial charge >= 0.3 is 0 Å². The van der Waals surface area contributed by atoms with Crippen molar-refractivity contribution in [3.63, 3.8) is 0 Å². The third-order valence-corrected chi connectivity index (χ3v) is 2.90. The summed E-state index contributed by atoms with van der Waals surface area (Å²) < 4.78 is 16.8. The average Bonchev–Trinajstić information content (AvgIpc) is 2.49. The molecule has 3 nitrogen and oxygen atoms in total. The van der Waals surface area contributed by atoms with E-state index in [0.717, 1.165) is 17.1 Å². The quantitative estimate of drug-likeness (QED) is 0.701. The predicted octanol–water partition coefficient (Wildman–Crippen LogP) is 4.40. The lowest BCUT2D eigenvalue weighted by molar-refractivity contribution is 0.267. The maximum Gasteiger partial charge on any atom is 0.165 e. The minimum Gasteiger partial charge on any atom is -0.490 e. The minimum absolute atomic E-state index is 0.444. The van der Waals surface area contributed by atoms with E-state index in [9.17, 15) is 0 Å². The zero-order chi connectivity index (χ0) is 14.2. The van der Waals surface area contributed by atoms with E-state index in [4.69, 9.17) is 14.2 Å². The molecule has 0 aliphatic rings. The van der Waals surface area contributed by atoms with Gasteiger partial charge in [0.1, 0.15) is 17.9 Å². The van der Waals surface area contributed by atoms with E-state index < -0.39 is 0 Å². The first-order chi connectivity index (χ1) is 9.83. The number of benzene rings is 2. The number of alkyl halides is 1. The first-order valence-electron chi connectivity index (χ1n) is 6.46. The number of hydrogen-bond donors (Lipinski definition) is 0. The number of rotatable bonds is 7. The lowest BCUT2D eigenvalue weighted by Crippen LogP contribution is -2.00. The highest BCUT2D eigenvalue weighted by Crippen LogP contribution is 2.32. The van der Waals surface area contributed by atoms with Gasteiger partial charge in [0.25, 0.3) is 0 Å². The van der Waals surface area contributed by atoms with Crippen molar-refractivity contribution in [3.8, 4) is 17.2 Å². The SMILES string of the molecule is CCOc1ccc(OCBr)cc1OCc1ccccc1. The van der Waals surface area contributed by atoms with Crippen LogP contribution in [0.2, 0.25) is 0 Å². The molecular formula is C16H17BrO3. The van der Waals surface area contributed by atoms with Gasteiger partial charge in [-0.1, -0.05) is 30.3 Å². The Morgan fingerprint density at radius 2 is 1.70 bits per heavy atom. The fraction of sp³-hybridized carbons (Fsp3) is 0.250. The molecule has 0 atom stereocenters. The molecule has 2 rings (SSSR count). The highest BCUT2D eigenvalue weighted by molar-refractivity contribution is 9.09. The minimum atomic E-state index is 0.444. The van der Waals surface area contributed by atoms with Gasteiger partial charge in [0, 0.05) is 6.07 Å². The Labute approximate surface area is 127 Å². The van der Waals surface area contributed by atoms with Crippen LogP contribution in [0.5, 0.6) is 17.2 Å². The van der Waals surface area contributed by atoms with Crippen LogP contribution in [0.4, 0.5) is 0 Å². The average molecular weight is 337 g/mol. The van der Waals surface area contributed by atoms with Gasteiger partial charge in [-0.15, -0.1) is 0 Å². The molecule has 0 saturated carbocycles. The highest BCUT2D eigenvalue weighted by Gasteiger charge is 2.07. The Kier molecular flexibility index (Phi) is 5.74. The van der Waals surface area contributed by atoms with Gasteiger partial charge in [-0.05, 0) is 40.5 Å². The van der Waals surface area contributed by atoms with Crippen molar-refractivity contribution in [2.45, 2.75) is 13.5 Å². The van der Waals surface area contributed by atoms with Gasteiger partial charge in [-0.25, -0.2) is 0 Å². The van der Waals surface area contributed by atoms with Crippen LogP contribution in [0.25, 0.3) is 0 Å². The van der Waals surface area contributed by atoms with Crippen molar-refractivity contribution in [2.24, 2.45) is 0 Å².